The lowest BCUT2D eigenvalue weighted by molar-refractivity contribution is 0.102. The highest BCUT2D eigenvalue weighted by atomic mass is 35.5. The largest absolute Gasteiger partial charge is 0.363 e. The van der Waals surface area contributed by atoms with E-state index in [9.17, 15) is 4.79 Å². The number of nitrogens with zero attached hydrogens (tertiary/aromatic N) is 2. The second kappa shape index (κ2) is 11.1. The van der Waals surface area contributed by atoms with Gasteiger partial charge in [-0.1, -0.05) is 48.9 Å². The van der Waals surface area contributed by atoms with E-state index in [0.29, 0.717) is 16.6 Å². The molecule has 0 bridgehead atoms. The number of piperidine rings is 1. The molecule has 1 fully saturated rings. The molecule has 1 amide bonds. The smallest absolute Gasteiger partial charge is 0.275 e. The molecule has 4 rings (SSSR count). The van der Waals surface area contributed by atoms with Crippen LogP contribution < -0.4 is 10.6 Å². The van der Waals surface area contributed by atoms with Gasteiger partial charge >= 0.3 is 0 Å². The van der Waals surface area contributed by atoms with Crippen molar-refractivity contribution in [2.75, 3.05) is 25.0 Å². The molecule has 33 heavy (non-hydrogen) atoms. The van der Waals surface area contributed by atoms with Gasteiger partial charge in [0.2, 0.25) is 0 Å². The second-order valence-electron chi connectivity index (χ2n) is 8.07. The van der Waals surface area contributed by atoms with Gasteiger partial charge in [-0.2, -0.15) is 0 Å². The standard InChI is InChI=1S/C25H27ClN4OS2/c1-2-13-27-25(32)30-14-11-18(12-15-30)24-29-22(16-33-24)23(31)28-21-6-4-3-5-20(21)17-7-9-19(26)10-8-17/h3-10,16,18H,2,11-15H2,1H3,(H,27,32)(H,28,31). The number of likely N-dealkylation sites (tertiary alicyclic amines) is 1. The SMILES string of the molecule is CCCNC(=S)N1CCC(c2nc(C(=O)Nc3ccccc3-c3ccc(Cl)cc3)cs2)CC1. The minimum atomic E-state index is -0.193. The maximum absolute atomic E-state index is 13.0. The van der Waals surface area contributed by atoms with Crippen LogP contribution in [0.3, 0.4) is 0 Å². The van der Waals surface area contributed by atoms with Gasteiger partial charge in [0.05, 0.1) is 5.01 Å². The number of nitrogens with one attached hydrogen (secondary N) is 2. The monoisotopic (exact) mass is 498 g/mol. The Balaban J connectivity index is 1.40. The van der Waals surface area contributed by atoms with Gasteiger partial charge in [0.25, 0.3) is 5.91 Å². The number of thiocarbonyl (C=S) groups is 1. The summed E-state index contributed by atoms with van der Waals surface area (Å²) in [5.74, 6) is 0.171. The van der Waals surface area contributed by atoms with Gasteiger partial charge < -0.3 is 15.5 Å². The number of benzene rings is 2. The van der Waals surface area contributed by atoms with Crippen LogP contribution in [0.4, 0.5) is 5.69 Å². The van der Waals surface area contributed by atoms with E-state index in [1.165, 1.54) is 0 Å². The van der Waals surface area contributed by atoms with Gasteiger partial charge in [0.1, 0.15) is 5.69 Å². The highest BCUT2D eigenvalue weighted by Gasteiger charge is 2.25. The molecule has 8 heteroatoms. The summed E-state index contributed by atoms with van der Waals surface area (Å²) in [7, 11) is 0. The van der Waals surface area contributed by atoms with Crippen LogP contribution in [0.15, 0.2) is 53.9 Å². The van der Waals surface area contributed by atoms with Gasteiger partial charge in [-0.15, -0.1) is 11.3 Å². The van der Waals surface area contributed by atoms with Crippen molar-refractivity contribution in [2.45, 2.75) is 32.1 Å². The van der Waals surface area contributed by atoms with Crippen LogP contribution in [0.1, 0.15) is 47.6 Å². The summed E-state index contributed by atoms with van der Waals surface area (Å²) >= 11 is 13.1. The van der Waals surface area contributed by atoms with E-state index in [-0.39, 0.29) is 5.91 Å². The zero-order valence-corrected chi connectivity index (χ0v) is 20.9. The molecule has 0 saturated carbocycles. The minimum Gasteiger partial charge on any atom is -0.363 e. The van der Waals surface area contributed by atoms with Crippen LogP contribution in [0, 0.1) is 0 Å². The quantitative estimate of drug-likeness (QED) is 0.397. The van der Waals surface area contributed by atoms with Crippen LogP contribution in [0.2, 0.25) is 5.02 Å². The van der Waals surface area contributed by atoms with Crippen molar-refractivity contribution >= 4 is 51.9 Å². The van der Waals surface area contributed by atoms with E-state index < -0.39 is 0 Å². The van der Waals surface area contributed by atoms with Gasteiger partial charge in [-0.25, -0.2) is 4.98 Å². The third kappa shape index (κ3) is 5.91. The van der Waals surface area contributed by atoms with Crippen LogP contribution in [-0.2, 0) is 0 Å². The van der Waals surface area contributed by atoms with E-state index in [0.717, 1.165) is 65.8 Å². The second-order valence-corrected chi connectivity index (χ2v) is 9.78. The number of amides is 1. The average molecular weight is 499 g/mol. The molecule has 2 N–H and O–H groups in total. The highest BCUT2D eigenvalue weighted by Crippen LogP contribution is 2.32. The first-order chi connectivity index (χ1) is 16.0. The molecule has 1 saturated heterocycles. The summed E-state index contributed by atoms with van der Waals surface area (Å²) in [5.41, 5.74) is 3.15. The third-order valence-corrected chi connectivity index (χ3v) is 7.40. The summed E-state index contributed by atoms with van der Waals surface area (Å²) in [6.07, 6.45) is 3.04. The molecule has 2 heterocycles. The zero-order valence-electron chi connectivity index (χ0n) is 18.5. The fourth-order valence-corrected chi connectivity index (χ4v) is 5.29. The molecule has 0 unspecified atom stereocenters. The van der Waals surface area contributed by atoms with E-state index in [1.807, 2.05) is 53.9 Å². The molecule has 1 aliphatic rings. The Hall–Kier alpha value is -2.48. The highest BCUT2D eigenvalue weighted by molar-refractivity contribution is 7.80. The molecular weight excluding hydrogens is 472 g/mol. The number of rotatable bonds is 6. The Morgan fingerprint density at radius 3 is 2.64 bits per heavy atom. The van der Waals surface area contributed by atoms with Crippen molar-refractivity contribution in [3.05, 3.63) is 69.6 Å². The summed E-state index contributed by atoms with van der Waals surface area (Å²) in [6.45, 7) is 4.87. The van der Waals surface area contributed by atoms with Gasteiger partial charge in [0, 0.05) is 47.2 Å². The normalized spacial score (nSPS) is 14.2. The predicted octanol–water partition coefficient (Wildman–Crippen LogP) is 6.18. The van der Waals surface area contributed by atoms with Crippen LogP contribution in [0.25, 0.3) is 11.1 Å². The van der Waals surface area contributed by atoms with Gasteiger partial charge in [-0.3, -0.25) is 4.79 Å². The third-order valence-electron chi connectivity index (χ3n) is 5.74. The van der Waals surface area contributed by atoms with E-state index in [4.69, 9.17) is 23.8 Å². The first-order valence-corrected chi connectivity index (χ1v) is 12.9. The minimum absolute atomic E-state index is 0.193. The number of halogens is 1. The topological polar surface area (TPSA) is 57.3 Å². The molecule has 2 aromatic carbocycles. The Kier molecular flexibility index (Phi) is 7.96. The van der Waals surface area contributed by atoms with Crippen molar-refractivity contribution in [3.8, 4) is 11.1 Å². The van der Waals surface area contributed by atoms with Crippen molar-refractivity contribution in [1.29, 1.82) is 0 Å². The van der Waals surface area contributed by atoms with Crippen LogP contribution in [0.5, 0.6) is 0 Å². The summed E-state index contributed by atoms with van der Waals surface area (Å²) in [5, 5.41) is 10.7. The van der Waals surface area contributed by atoms with Gasteiger partial charge in [0.15, 0.2) is 5.11 Å². The number of hydrogen-bond acceptors (Lipinski definition) is 4. The Labute approximate surface area is 209 Å². The van der Waals surface area contributed by atoms with Crippen molar-refractivity contribution in [2.24, 2.45) is 0 Å². The molecular formula is C25H27ClN4OS2. The molecule has 0 spiro atoms. The predicted molar refractivity (Wildman–Crippen MR) is 141 cm³/mol. The molecule has 1 aliphatic heterocycles. The number of aromatic nitrogens is 1. The average Bonchev–Trinajstić information content (AvgIpc) is 3.34. The number of hydrogen-bond donors (Lipinski definition) is 2. The van der Waals surface area contributed by atoms with E-state index in [1.54, 1.807) is 11.3 Å². The number of thiazole rings is 1. The first kappa shape index (κ1) is 23.7. The van der Waals surface area contributed by atoms with E-state index >= 15 is 0 Å². The maximum atomic E-state index is 13.0. The van der Waals surface area contributed by atoms with Crippen LogP contribution in [-0.4, -0.2) is 40.5 Å². The number of para-hydroxylation sites is 1. The molecule has 3 aromatic rings. The van der Waals surface area contributed by atoms with Crippen molar-refractivity contribution in [3.63, 3.8) is 0 Å². The summed E-state index contributed by atoms with van der Waals surface area (Å²) in [6, 6.07) is 15.3. The maximum Gasteiger partial charge on any atom is 0.275 e. The fourth-order valence-electron chi connectivity index (χ4n) is 3.91. The lowest BCUT2D eigenvalue weighted by Gasteiger charge is -2.33. The lowest BCUT2D eigenvalue weighted by Crippen LogP contribution is -2.44. The number of carbonyl (C=O) groups is 1. The Morgan fingerprint density at radius 1 is 1.18 bits per heavy atom. The van der Waals surface area contributed by atoms with Crippen molar-refractivity contribution in [1.82, 2.24) is 15.2 Å². The summed E-state index contributed by atoms with van der Waals surface area (Å²) in [4.78, 5) is 19.9. The Morgan fingerprint density at radius 2 is 1.91 bits per heavy atom. The van der Waals surface area contributed by atoms with E-state index in [2.05, 4.69) is 27.4 Å². The first-order valence-electron chi connectivity index (χ1n) is 11.2. The van der Waals surface area contributed by atoms with Gasteiger partial charge in [-0.05, 0) is 55.2 Å². The van der Waals surface area contributed by atoms with Crippen molar-refractivity contribution < 1.29 is 4.79 Å². The molecule has 1 aromatic heterocycles. The Bertz CT molecular complexity index is 1110. The number of carbonyl (C=O) groups excluding carboxylic acids is 1. The molecule has 0 radical (unpaired) electrons. The summed E-state index contributed by atoms with van der Waals surface area (Å²) < 4.78 is 0. The molecule has 0 aliphatic carbocycles. The fraction of sp³-hybridized carbons (Fsp3) is 0.320. The molecule has 5 nitrogen and oxygen atoms in total. The lowest BCUT2D eigenvalue weighted by atomic mass is 9.98. The number of anilines is 1. The molecule has 0 atom stereocenters. The molecule has 172 valence electrons. The zero-order chi connectivity index (χ0) is 23.2. The van der Waals surface area contributed by atoms with Crippen LogP contribution >= 0.6 is 35.2 Å².